The Labute approximate surface area is 123 Å². The SMILES string of the molecule is O=C(CNc1ccccc1)NCc1cc2c(s1)CCC2. The van der Waals surface area contributed by atoms with Crippen LogP contribution in [0.3, 0.4) is 0 Å². The van der Waals surface area contributed by atoms with Gasteiger partial charge in [-0.2, -0.15) is 0 Å². The van der Waals surface area contributed by atoms with Crippen molar-refractivity contribution in [2.24, 2.45) is 0 Å². The lowest BCUT2D eigenvalue weighted by Crippen LogP contribution is -2.29. The molecule has 0 bridgehead atoms. The molecule has 1 aromatic heterocycles. The second-order valence-electron chi connectivity index (χ2n) is 5.01. The summed E-state index contributed by atoms with van der Waals surface area (Å²) in [4.78, 5) is 14.6. The van der Waals surface area contributed by atoms with Crippen LogP contribution in [0.25, 0.3) is 0 Å². The molecule has 1 aromatic carbocycles. The van der Waals surface area contributed by atoms with Gasteiger partial charge in [-0.1, -0.05) is 18.2 Å². The number of hydrogen-bond donors (Lipinski definition) is 2. The summed E-state index contributed by atoms with van der Waals surface area (Å²) in [5.74, 6) is 0.0300. The number of para-hydroxylation sites is 1. The summed E-state index contributed by atoms with van der Waals surface area (Å²) in [6, 6.07) is 12.0. The molecule has 0 atom stereocenters. The molecular formula is C16H18N2OS. The molecule has 0 radical (unpaired) electrons. The first-order valence-corrected chi connectivity index (χ1v) is 7.79. The van der Waals surface area contributed by atoms with Crippen molar-refractivity contribution in [1.82, 2.24) is 5.32 Å². The van der Waals surface area contributed by atoms with Crippen LogP contribution in [0.4, 0.5) is 5.69 Å². The third-order valence-electron chi connectivity index (χ3n) is 3.48. The number of amides is 1. The van der Waals surface area contributed by atoms with Crippen molar-refractivity contribution in [2.45, 2.75) is 25.8 Å². The van der Waals surface area contributed by atoms with E-state index in [1.165, 1.54) is 34.6 Å². The molecule has 0 unspecified atom stereocenters. The molecule has 2 aromatic rings. The van der Waals surface area contributed by atoms with Crippen molar-refractivity contribution in [3.05, 3.63) is 51.7 Å². The Morgan fingerprint density at radius 1 is 1.20 bits per heavy atom. The van der Waals surface area contributed by atoms with Crippen LogP contribution < -0.4 is 10.6 Å². The number of hydrogen-bond acceptors (Lipinski definition) is 3. The maximum atomic E-state index is 11.8. The lowest BCUT2D eigenvalue weighted by atomic mass is 10.2. The number of anilines is 1. The molecule has 2 N–H and O–H groups in total. The molecular weight excluding hydrogens is 268 g/mol. The number of rotatable bonds is 5. The molecule has 1 aliphatic carbocycles. The minimum atomic E-state index is 0.0300. The number of aryl methyl sites for hydroxylation is 2. The second-order valence-corrected chi connectivity index (χ2v) is 6.23. The average Bonchev–Trinajstić information content (AvgIpc) is 3.05. The first-order chi connectivity index (χ1) is 9.81. The van der Waals surface area contributed by atoms with E-state index in [-0.39, 0.29) is 5.91 Å². The molecule has 1 aliphatic rings. The van der Waals surface area contributed by atoms with Gasteiger partial charge in [0.25, 0.3) is 0 Å². The van der Waals surface area contributed by atoms with E-state index in [2.05, 4.69) is 16.7 Å². The van der Waals surface area contributed by atoms with Crippen LogP contribution in [0.5, 0.6) is 0 Å². The summed E-state index contributed by atoms with van der Waals surface area (Å²) in [6.07, 6.45) is 3.70. The lowest BCUT2D eigenvalue weighted by Gasteiger charge is -2.06. The van der Waals surface area contributed by atoms with E-state index in [0.29, 0.717) is 13.1 Å². The Morgan fingerprint density at radius 2 is 2.05 bits per heavy atom. The zero-order valence-electron chi connectivity index (χ0n) is 11.3. The molecule has 4 heteroatoms. The largest absolute Gasteiger partial charge is 0.376 e. The van der Waals surface area contributed by atoms with E-state index in [1.54, 1.807) is 0 Å². The summed E-state index contributed by atoms with van der Waals surface area (Å²) in [5, 5.41) is 6.08. The Morgan fingerprint density at radius 3 is 2.85 bits per heavy atom. The predicted molar refractivity (Wildman–Crippen MR) is 83.1 cm³/mol. The van der Waals surface area contributed by atoms with Crippen LogP contribution in [0, 0.1) is 0 Å². The first kappa shape index (κ1) is 13.2. The molecule has 3 nitrogen and oxygen atoms in total. The molecule has 1 heterocycles. The van der Waals surface area contributed by atoms with E-state index < -0.39 is 0 Å². The predicted octanol–water partition coefficient (Wildman–Crippen LogP) is 2.97. The van der Waals surface area contributed by atoms with Gasteiger partial charge in [0.15, 0.2) is 0 Å². The topological polar surface area (TPSA) is 41.1 Å². The highest BCUT2D eigenvalue weighted by Gasteiger charge is 2.14. The molecule has 3 rings (SSSR count). The summed E-state index contributed by atoms with van der Waals surface area (Å²) in [7, 11) is 0. The minimum Gasteiger partial charge on any atom is -0.376 e. The number of benzene rings is 1. The highest BCUT2D eigenvalue weighted by atomic mass is 32.1. The van der Waals surface area contributed by atoms with Gasteiger partial charge in [-0.05, 0) is 43.0 Å². The van der Waals surface area contributed by atoms with Crippen molar-refractivity contribution < 1.29 is 4.79 Å². The maximum absolute atomic E-state index is 11.8. The third-order valence-corrected chi connectivity index (χ3v) is 4.72. The summed E-state index contributed by atoms with van der Waals surface area (Å²) >= 11 is 1.84. The molecule has 0 saturated heterocycles. The highest BCUT2D eigenvalue weighted by molar-refractivity contribution is 7.12. The summed E-state index contributed by atoms with van der Waals surface area (Å²) in [6.45, 7) is 0.960. The molecule has 0 saturated carbocycles. The molecule has 1 amide bonds. The number of nitrogens with one attached hydrogen (secondary N) is 2. The Kier molecular flexibility index (Phi) is 4.02. The van der Waals surface area contributed by atoms with E-state index in [1.807, 2.05) is 41.7 Å². The van der Waals surface area contributed by atoms with E-state index in [0.717, 1.165) is 5.69 Å². The van der Waals surface area contributed by atoms with Gasteiger partial charge < -0.3 is 10.6 Å². The minimum absolute atomic E-state index is 0.0300. The fourth-order valence-electron chi connectivity index (χ4n) is 2.46. The fraction of sp³-hybridized carbons (Fsp3) is 0.312. The highest BCUT2D eigenvalue weighted by Crippen LogP contribution is 2.30. The average molecular weight is 286 g/mol. The van der Waals surface area contributed by atoms with Gasteiger partial charge >= 0.3 is 0 Å². The van der Waals surface area contributed by atoms with E-state index in [4.69, 9.17) is 0 Å². The van der Waals surface area contributed by atoms with Gasteiger partial charge in [0, 0.05) is 15.4 Å². The number of carbonyl (C=O) groups excluding carboxylic acids is 1. The van der Waals surface area contributed by atoms with Crippen LogP contribution in [-0.2, 0) is 24.2 Å². The van der Waals surface area contributed by atoms with Crippen LogP contribution in [0.15, 0.2) is 36.4 Å². The van der Waals surface area contributed by atoms with Crippen molar-refractivity contribution in [3.63, 3.8) is 0 Å². The Bertz CT molecular complexity index is 570. The van der Waals surface area contributed by atoms with E-state index >= 15 is 0 Å². The van der Waals surface area contributed by atoms with E-state index in [9.17, 15) is 4.79 Å². The zero-order valence-corrected chi connectivity index (χ0v) is 12.1. The van der Waals surface area contributed by atoms with Crippen molar-refractivity contribution in [2.75, 3.05) is 11.9 Å². The normalized spacial score (nSPS) is 13.0. The lowest BCUT2D eigenvalue weighted by molar-refractivity contribution is -0.119. The van der Waals surface area contributed by atoms with Gasteiger partial charge in [-0.3, -0.25) is 4.79 Å². The van der Waals surface area contributed by atoms with Gasteiger partial charge in [0.05, 0.1) is 13.1 Å². The van der Waals surface area contributed by atoms with Gasteiger partial charge in [-0.15, -0.1) is 11.3 Å². The van der Waals surface area contributed by atoms with Crippen LogP contribution in [0.2, 0.25) is 0 Å². The fourth-order valence-corrected chi connectivity index (χ4v) is 3.66. The van der Waals surface area contributed by atoms with Crippen LogP contribution in [-0.4, -0.2) is 12.5 Å². The smallest absolute Gasteiger partial charge is 0.239 e. The van der Waals surface area contributed by atoms with Crippen molar-refractivity contribution in [1.29, 1.82) is 0 Å². The van der Waals surface area contributed by atoms with Gasteiger partial charge in [0.2, 0.25) is 5.91 Å². The van der Waals surface area contributed by atoms with Crippen LogP contribution >= 0.6 is 11.3 Å². The summed E-state index contributed by atoms with van der Waals surface area (Å²) < 4.78 is 0. The standard InChI is InChI=1S/C16H18N2OS/c19-16(11-17-13-6-2-1-3-7-13)18-10-14-9-12-5-4-8-15(12)20-14/h1-3,6-7,9,17H,4-5,8,10-11H2,(H,18,19). The maximum Gasteiger partial charge on any atom is 0.239 e. The van der Waals surface area contributed by atoms with Crippen molar-refractivity contribution >= 4 is 22.9 Å². The number of fused-ring (bicyclic) bond motifs is 1. The third kappa shape index (κ3) is 3.20. The monoisotopic (exact) mass is 286 g/mol. The number of thiophene rings is 1. The Hall–Kier alpha value is -1.81. The molecule has 104 valence electrons. The second kappa shape index (κ2) is 6.09. The van der Waals surface area contributed by atoms with Gasteiger partial charge in [0.1, 0.15) is 0 Å². The Balaban J connectivity index is 1.45. The number of carbonyl (C=O) groups is 1. The summed E-state index contributed by atoms with van der Waals surface area (Å²) in [5.41, 5.74) is 2.46. The molecule has 20 heavy (non-hydrogen) atoms. The molecule has 0 fully saturated rings. The van der Waals surface area contributed by atoms with Crippen molar-refractivity contribution in [3.8, 4) is 0 Å². The zero-order chi connectivity index (χ0) is 13.8. The first-order valence-electron chi connectivity index (χ1n) is 6.97. The van der Waals surface area contributed by atoms with Crippen LogP contribution in [0.1, 0.15) is 21.7 Å². The molecule has 0 spiro atoms. The quantitative estimate of drug-likeness (QED) is 0.887. The molecule has 0 aliphatic heterocycles. The van der Waals surface area contributed by atoms with Gasteiger partial charge in [-0.25, -0.2) is 0 Å².